The Morgan fingerprint density at radius 2 is 0.894 bits per heavy atom. The van der Waals surface area contributed by atoms with Gasteiger partial charge in [-0.05, 0) is 127 Å². The summed E-state index contributed by atoms with van der Waals surface area (Å²) in [5.41, 5.74) is 12.5. The number of hydrogen-bond donors (Lipinski definition) is 0. The fraction of sp³-hybridized carbons (Fsp3) is 0. The van der Waals surface area contributed by atoms with E-state index in [-0.39, 0.29) is 0 Å². The Labute approximate surface area is 387 Å². The minimum Gasteiger partial charge on any atom is -0.308 e. The lowest BCUT2D eigenvalue weighted by Crippen LogP contribution is -2.15. The quantitative estimate of drug-likeness (QED) is 0.165. The number of fused-ring (bicyclic) bond motifs is 19. The Morgan fingerprint density at radius 3 is 1.67 bits per heavy atom. The molecule has 66 heavy (non-hydrogen) atoms. The molecule has 306 valence electrons. The topological polar surface area (TPSA) is 20.5 Å². The van der Waals surface area contributed by atoms with E-state index in [0.717, 1.165) is 38.8 Å². The third-order valence-corrected chi connectivity index (χ3v) is 16.1. The highest BCUT2D eigenvalue weighted by atomic mass is 32.2. The number of benzene rings is 11. The first-order valence-electron chi connectivity index (χ1n) is 22.4. The van der Waals surface area contributed by atoms with E-state index in [1.54, 1.807) is 0 Å². The van der Waals surface area contributed by atoms with E-state index >= 15 is 0 Å². The zero-order chi connectivity index (χ0) is 43.0. The van der Waals surface area contributed by atoms with Crippen LogP contribution in [0.15, 0.2) is 222 Å². The number of rotatable bonds is 3. The van der Waals surface area contributed by atoms with Crippen LogP contribution >= 0.6 is 23.1 Å². The van der Waals surface area contributed by atoms with Gasteiger partial charge >= 0.3 is 0 Å². The van der Waals surface area contributed by atoms with Gasteiger partial charge in [0.05, 0.1) is 27.9 Å². The highest BCUT2D eigenvalue weighted by Gasteiger charge is 2.29. The first-order chi connectivity index (χ1) is 32.7. The van der Waals surface area contributed by atoms with Gasteiger partial charge in [0.25, 0.3) is 0 Å². The van der Waals surface area contributed by atoms with E-state index in [4.69, 9.17) is 4.98 Å². The summed E-state index contributed by atoms with van der Waals surface area (Å²) in [5, 5.41) is 13.9. The van der Waals surface area contributed by atoms with Crippen molar-refractivity contribution >= 4 is 131 Å². The van der Waals surface area contributed by atoms with Gasteiger partial charge < -0.3 is 4.90 Å². The molecule has 0 unspecified atom stereocenters. The molecule has 11 aromatic carbocycles. The SMILES string of the molecule is c1ccc(N2c3cc(-c4ccc5c(c4)sc4ccccc45)c(-c4ccc5nc6c7ccccc7c7ccccc7n6c5c4)cc3Sc3cc4c5ccccc5c5ccccc5c4cc32)cc1. The smallest absolute Gasteiger partial charge is 0.146 e. The van der Waals surface area contributed by atoms with Crippen LogP contribution < -0.4 is 4.90 Å². The molecule has 0 saturated carbocycles. The van der Waals surface area contributed by atoms with E-state index in [9.17, 15) is 0 Å². The first-order valence-corrected chi connectivity index (χ1v) is 24.1. The summed E-state index contributed by atoms with van der Waals surface area (Å²) >= 11 is 3.75. The zero-order valence-electron chi connectivity index (χ0n) is 35.4. The fourth-order valence-corrected chi connectivity index (χ4v) is 13.2. The van der Waals surface area contributed by atoms with Gasteiger partial charge in [0, 0.05) is 46.4 Å². The van der Waals surface area contributed by atoms with Gasteiger partial charge in [-0.15, -0.1) is 11.3 Å². The van der Waals surface area contributed by atoms with Crippen molar-refractivity contribution in [3.8, 4) is 22.3 Å². The number of anilines is 3. The van der Waals surface area contributed by atoms with E-state index in [0.29, 0.717) is 0 Å². The van der Waals surface area contributed by atoms with Crippen LogP contribution in [0.2, 0.25) is 0 Å². The van der Waals surface area contributed by atoms with Crippen LogP contribution in [0.1, 0.15) is 0 Å². The lowest BCUT2D eigenvalue weighted by atomic mass is 9.92. The summed E-state index contributed by atoms with van der Waals surface area (Å²) in [6, 6.07) is 78.7. The van der Waals surface area contributed by atoms with Gasteiger partial charge in [0.15, 0.2) is 0 Å². The minimum atomic E-state index is 0.982. The van der Waals surface area contributed by atoms with E-state index < -0.39 is 0 Å². The van der Waals surface area contributed by atoms with Crippen LogP contribution in [0.4, 0.5) is 17.1 Å². The van der Waals surface area contributed by atoms with Crippen molar-refractivity contribution in [1.29, 1.82) is 0 Å². The molecule has 1 aliphatic heterocycles. The van der Waals surface area contributed by atoms with Gasteiger partial charge in [-0.25, -0.2) is 4.98 Å². The van der Waals surface area contributed by atoms with Crippen molar-refractivity contribution in [3.05, 3.63) is 212 Å². The third kappa shape index (κ3) is 5.18. The zero-order valence-corrected chi connectivity index (χ0v) is 37.0. The van der Waals surface area contributed by atoms with Crippen LogP contribution in [-0.2, 0) is 0 Å². The normalized spacial score (nSPS) is 12.8. The molecule has 5 heteroatoms. The predicted molar refractivity (Wildman–Crippen MR) is 283 cm³/mol. The van der Waals surface area contributed by atoms with Gasteiger partial charge in [0.1, 0.15) is 5.65 Å². The molecule has 0 spiro atoms. The maximum absolute atomic E-state index is 5.32. The summed E-state index contributed by atoms with van der Waals surface area (Å²) in [4.78, 5) is 10.3. The summed E-state index contributed by atoms with van der Waals surface area (Å²) in [5.74, 6) is 0. The monoisotopic (exact) mass is 873 g/mol. The highest BCUT2D eigenvalue weighted by Crippen LogP contribution is 2.56. The van der Waals surface area contributed by atoms with Crippen LogP contribution in [0.3, 0.4) is 0 Å². The van der Waals surface area contributed by atoms with Gasteiger partial charge in [-0.1, -0.05) is 157 Å². The average molecular weight is 874 g/mol. The summed E-state index contributed by atoms with van der Waals surface area (Å²) in [6.07, 6.45) is 0. The fourth-order valence-electron chi connectivity index (χ4n) is 11.0. The summed E-state index contributed by atoms with van der Waals surface area (Å²) in [6.45, 7) is 0. The van der Waals surface area contributed by atoms with E-state index in [1.165, 1.54) is 101 Å². The van der Waals surface area contributed by atoms with Gasteiger partial charge in [0.2, 0.25) is 0 Å². The molecule has 4 heterocycles. The molecule has 0 fully saturated rings. The average Bonchev–Trinajstić information content (AvgIpc) is 3.96. The van der Waals surface area contributed by atoms with E-state index in [1.807, 2.05) is 23.1 Å². The maximum Gasteiger partial charge on any atom is 0.146 e. The molecule has 0 N–H and O–H groups in total. The standard InChI is InChI=1S/C61H35N3S2/c1-2-14-38(15-3-1)63-55-32-48(37-26-28-46-45-22-11-13-25-57(45)65-58(46)31-37)49(36-27-29-52-54(30-36)64-53-24-12-10-21-44(53)43-20-8-9-23-47(43)61(64)62-52)34-59(55)66-60-35-51-42-19-7-5-17-40(42)39-16-4-6-18-41(39)50(51)33-56(60)63/h1-35H. The molecule has 1 aliphatic rings. The second kappa shape index (κ2) is 13.8. The Morgan fingerprint density at radius 1 is 0.348 bits per heavy atom. The van der Waals surface area contributed by atoms with Crippen molar-refractivity contribution in [2.75, 3.05) is 4.90 Å². The summed E-state index contributed by atoms with van der Waals surface area (Å²) < 4.78 is 4.97. The molecule has 0 radical (unpaired) electrons. The lowest BCUT2D eigenvalue weighted by molar-refractivity contribution is 1.17. The Bertz CT molecular complexity index is 4390. The minimum absolute atomic E-state index is 0.982. The van der Waals surface area contributed by atoms with Crippen molar-refractivity contribution in [2.24, 2.45) is 0 Å². The number of pyridine rings is 1. The van der Waals surface area contributed by atoms with Crippen molar-refractivity contribution < 1.29 is 0 Å². The third-order valence-electron chi connectivity index (χ3n) is 13.9. The lowest BCUT2D eigenvalue weighted by Gasteiger charge is -2.34. The summed E-state index contributed by atoms with van der Waals surface area (Å²) in [7, 11) is 0. The Kier molecular flexibility index (Phi) is 7.59. The van der Waals surface area contributed by atoms with Gasteiger partial charge in [-0.2, -0.15) is 0 Å². The van der Waals surface area contributed by atoms with Crippen LogP contribution in [0.25, 0.3) is 113 Å². The predicted octanol–water partition coefficient (Wildman–Crippen LogP) is 17.9. The maximum atomic E-state index is 5.32. The Hall–Kier alpha value is -7.96. The molecule has 0 saturated heterocycles. The van der Waals surface area contributed by atoms with Crippen LogP contribution in [0.5, 0.6) is 0 Å². The number of imidazole rings is 1. The molecular formula is C61H35N3S2. The van der Waals surface area contributed by atoms with Crippen molar-refractivity contribution in [1.82, 2.24) is 9.38 Å². The molecule has 0 bridgehead atoms. The second-order valence-corrected chi connectivity index (χ2v) is 19.6. The number of aromatic nitrogens is 2. The van der Waals surface area contributed by atoms with Crippen molar-refractivity contribution in [3.63, 3.8) is 0 Å². The molecule has 14 aromatic rings. The number of hydrogen-bond acceptors (Lipinski definition) is 4. The number of thiophene rings is 1. The van der Waals surface area contributed by atoms with E-state index in [2.05, 4.69) is 222 Å². The Balaban J connectivity index is 1.02. The molecule has 3 nitrogen and oxygen atoms in total. The van der Waals surface area contributed by atoms with Crippen molar-refractivity contribution in [2.45, 2.75) is 9.79 Å². The van der Waals surface area contributed by atoms with Crippen LogP contribution in [0, 0.1) is 0 Å². The first kappa shape index (κ1) is 36.4. The number of para-hydroxylation sites is 2. The number of nitrogens with zero attached hydrogens (tertiary/aromatic N) is 3. The van der Waals surface area contributed by atoms with Crippen LogP contribution in [-0.4, -0.2) is 9.38 Å². The molecular weight excluding hydrogens is 839 g/mol. The molecule has 0 amide bonds. The largest absolute Gasteiger partial charge is 0.308 e. The second-order valence-electron chi connectivity index (χ2n) is 17.4. The molecule has 0 atom stereocenters. The molecule has 15 rings (SSSR count). The molecule has 3 aromatic heterocycles. The highest BCUT2D eigenvalue weighted by molar-refractivity contribution is 7.99. The van der Waals surface area contributed by atoms with Gasteiger partial charge in [-0.3, -0.25) is 4.40 Å². The molecule has 0 aliphatic carbocycles.